The van der Waals surface area contributed by atoms with E-state index in [1.165, 1.54) is 7.11 Å². The van der Waals surface area contributed by atoms with Crippen molar-refractivity contribution in [2.75, 3.05) is 20.4 Å². The van der Waals surface area contributed by atoms with Gasteiger partial charge in [0.1, 0.15) is 17.5 Å². The van der Waals surface area contributed by atoms with Crippen LogP contribution in [0, 0.1) is 0 Å². The molecule has 0 radical (unpaired) electrons. The zero-order chi connectivity index (χ0) is 25.9. The highest BCUT2D eigenvalue weighted by atomic mass is 35.5. The number of esters is 1. The van der Waals surface area contributed by atoms with Crippen LogP contribution in [0.3, 0.4) is 0 Å². The molecule has 0 saturated carbocycles. The molecule has 2 aliphatic rings. The number of hydrogen-bond acceptors (Lipinski definition) is 8. The van der Waals surface area contributed by atoms with Crippen molar-refractivity contribution in [1.29, 1.82) is 0 Å². The molecule has 10 heteroatoms. The Morgan fingerprint density at radius 2 is 2.00 bits per heavy atom. The third-order valence-corrected chi connectivity index (χ3v) is 6.59. The first kappa shape index (κ1) is 26.6. The van der Waals surface area contributed by atoms with Crippen LogP contribution >= 0.6 is 11.6 Å². The smallest absolute Gasteiger partial charge is 0.320 e. The molecule has 4 rings (SSSR count). The highest BCUT2D eigenvalue weighted by Crippen LogP contribution is 2.38. The van der Waals surface area contributed by atoms with Gasteiger partial charge in [0.15, 0.2) is 13.0 Å². The first-order valence-corrected chi connectivity index (χ1v) is 12.6. The van der Waals surface area contributed by atoms with Crippen LogP contribution in [0.15, 0.2) is 30.3 Å². The van der Waals surface area contributed by atoms with Gasteiger partial charge in [0.2, 0.25) is 5.88 Å². The maximum Gasteiger partial charge on any atom is 0.320 e. The van der Waals surface area contributed by atoms with Gasteiger partial charge < -0.3 is 18.9 Å². The number of carbonyl (C=O) groups excluding carboxylic acids is 1. The lowest BCUT2D eigenvalue weighted by Gasteiger charge is -2.49. The summed E-state index contributed by atoms with van der Waals surface area (Å²) in [6.45, 7) is 5.64. The van der Waals surface area contributed by atoms with Crippen molar-refractivity contribution in [2.45, 2.75) is 76.4 Å². The minimum absolute atomic E-state index is 0.0510. The van der Waals surface area contributed by atoms with E-state index in [1.54, 1.807) is 30.3 Å². The average Bonchev–Trinajstić information content (AvgIpc) is 2.81. The van der Waals surface area contributed by atoms with E-state index in [2.05, 4.69) is 10.2 Å². The summed E-state index contributed by atoms with van der Waals surface area (Å²) in [5.74, 6) is 0.434. The lowest BCUT2D eigenvalue weighted by atomic mass is 9.81. The van der Waals surface area contributed by atoms with E-state index < -0.39 is 23.9 Å². The molecular formula is C26H33ClFN3O5. The van der Waals surface area contributed by atoms with Crippen LogP contribution in [0.4, 0.5) is 4.39 Å². The van der Waals surface area contributed by atoms with E-state index in [0.29, 0.717) is 34.9 Å². The minimum atomic E-state index is -1.25. The summed E-state index contributed by atoms with van der Waals surface area (Å²) < 4.78 is 37.6. The number of piperidine rings is 2. The fourth-order valence-corrected chi connectivity index (χ4v) is 5.08. The van der Waals surface area contributed by atoms with Crippen LogP contribution in [0.1, 0.15) is 46.5 Å². The number of methoxy groups -OCH3 is 1. The lowest BCUT2D eigenvalue weighted by molar-refractivity contribution is -0.162. The second kappa shape index (κ2) is 11.3. The number of nitrogens with zero attached hydrogens (tertiary/aromatic N) is 3. The molecule has 0 N–H and O–H groups in total. The fraction of sp³-hybridized carbons (Fsp3) is 0.577. The van der Waals surface area contributed by atoms with Gasteiger partial charge >= 0.3 is 5.97 Å². The number of ether oxygens (including phenoxy) is 4. The Labute approximate surface area is 216 Å². The topological polar surface area (TPSA) is 83.0 Å². The molecule has 36 heavy (non-hydrogen) atoms. The van der Waals surface area contributed by atoms with Crippen molar-refractivity contribution in [1.82, 2.24) is 15.1 Å². The number of aromatic nitrogens is 2. The van der Waals surface area contributed by atoms with Crippen LogP contribution < -0.4 is 9.47 Å². The van der Waals surface area contributed by atoms with Gasteiger partial charge in [0, 0.05) is 42.3 Å². The summed E-state index contributed by atoms with van der Waals surface area (Å²) in [4.78, 5) is 14.4. The predicted octanol–water partition coefficient (Wildman–Crippen LogP) is 4.83. The maximum atomic E-state index is 15.6. The van der Waals surface area contributed by atoms with Crippen LogP contribution in [0.25, 0.3) is 11.3 Å². The standard InChI is InChI=1S/C26H33ClFN3O5/c1-26(2,3)36-24(32)14-31-17-6-5-7-20(31)25(28)22(13-17)35-23-11-10-19(29-30-23)18-9-8-16(27)12-21(18)34-15-33-4/h8-12,17,20,22,25H,5-7,13-15H2,1-4H3/t17?,20?,22-,25-/m0/s1. The van der Waals surface area contributed by atoms with Gasteiger partial charge in [-0.25, -0.2) is 4.39 Å². The number of hydrogen-bond donors (Lipinski definition) is 0. The quantitative estimate of drug-likeness (QED) is 0.361. The molecular weight excluding hydrogens is 489 g/mol. The number of alkyl halides is 1. The third-order valence-electron chi connectivity index (χ3n) is 6.36. The van der Waals surface area contributed by atoms with Gasteiger partial charge in [-0.15, -0.1) is 10.2 Å². The largest absolute Gasteiger partial charge is 0.470 e. The van der Waals surface area contributed by atoms with E-state index in [9.17, 15) is 4.79 Å². The summed E-state index contributed by atoms with van der Waals surface area (Å²) in [6, 6.07) is 8.28. The van der Waals surface area contributed by atoms with Crippen LogP contribution in [-0.4, -0.2) is 71.5 Å². The zero-order valence-corrected chi connectivity index (χ0v) is 21.8. The summed E-state index contributed by atoms with van der Waals surface area (Å²) in [6.07, 6.45) is 1.04. The van der Waals surface area contributed by atoms with Crippen molar-refractivity contribution in [3.05, 3.63) is 35.4 Å². The highest BCUT2D eigenvalue weighted by molar-refractivity contribution is 6.30. The van der Waals surface area contributed by atoms with Crippen molar-refractivity contribution >= 4 is 17.6 Å². The van der Waals surface area contributed by atoms with Crippen molar-refractivity contribution < 1.29 is 28.1 Å². The van der Waals surface area contributed by atoms with Gasteiger partial charge in [-0.1, -0.05) is 18.0 Å². The molecule has 0 spiro atoms. The molecule has 1 aromatic heterocycles. The third kappa shape index (κ3) is 6.44. The average molecular weight is 522 g/mol. The molecule has 2 unspecified atom stereocenters. The summed E-state index contributed by atoms with van der Waals surface area (Å²) in [5, 5.41) is 8.97. The molecule has 1 aromatic carbocycles. The lowest BCUT2D eigenvalue weighted by Crippen LogP contribution is -2.62. The van der Waals surface area contributed by atoms with Gasteiger partial charge in [0.25, 0.3) is 0 Å². The van der Waals surface area contributed by atoms with Crippen molar-refractivity contribution in [3.63, 3.8) is 0 Å². The molecule has 2 saturated heterocycles. The maximum absolute atomic E-state index is 15.6. The van der Waals surface area contributed by atoms with Crippen molar-refractivity contribution in [2.24, 2.45) is 0 Å². The molecule has 8 nitrogen and oxygen atoms in total. The zero-order valence-electron chi connectivity index (χ0n) is 21.1. The second-order valence-electron chi connectivity index (χ2n) is 10.2. The Balaban J connectivity index is 1.43. The molecule has 3 heterocycles. The summed E-state index contributed by atoms with van der Waals surface area (Å²) in [5.41, 5.74) is 0.686. The number of carbonyl (C=O) groups is 1. The Morgan fingerprint density at radius 3 is 2.69 bits per heavy atom. The van der Waals surface area contributed by atoms with E-state index in [-0.39, 0.29) is 31.2 Å². The summed E-state index contributed by atoms with van der Waals surface area (Å²) in [7, 11) is 1.53. The number of benzene rings is 1. The number of fused-ring (bicyclic) bond motifs is 2. The first-order chi connectivity index (χ1) is 17.1. The molecule has 196 valence electrons. The molecule has 0 aliphatic carbocycles. The van der Waals surface area contributed by atoms with E-state index >= 15 is 4.39 Å². The molecule has 0 amide bonds. The monoisotopic (exact) mass is 521 g/mol. The van der Waals surface area contributed by atoms with Crippen LogP contribution in [-0.2, 0) is 14.3 Å². The summed E-state index contributed by atoms with van der Waals surface area (Å²) >= 11 is 6.10. The molecule has 2 fully saturated rings. The Morgan fingerprint density at radius 1 is 1.19 bits per heavy atom. The molecule has 2 aromatic rings. The van der Waals surface area contributed by atoms with Gasteiger partial charge in [0.05, 0.1) is 12.2 Å². The van der Waals surface area contributed by atoms with Gasteiger partial charge in [-0.05, 0) is 57.9 Å². The number of halogens is 2. The van der Waals surface area contributed by atoms with Crippen LogP contribution in [0.5, 0.6) is 11.6 Å². The molecule has 2 bridgehead atoms. The first-order valence-electron chi connectivity index (χ1n) is 12.2. The highest BCUT2D eigenvalue weighted by Gasteiger charge is 2.47. The Hall–Kier alpha value is -2.49. The molecule has 4 atom stereocenters. The molecule has 2 aliphatic heterocycles. The van der Waals surface area contributed by atoms with Gasteiger partial charge in [-0.3, -0.25) is 9.69 Å². The Bertz CT molecular complexity index is 1050. The fourth-order valence-electron chi connectivity index (χ4n) is 4.92. The Kier molecular flexibility index (Phi) is 8.32. The normalized spacial score (nSPS) is 24.3. The second-order valence-corrected chi connectivity index (χ2v) is 10.6. The minimum Gasteiger partial charge on any atom is -0.470 e. The van der Waals surface area contributed by atoms with Crippen LogP contribution in [0.2, 0.25) is 5.02 Å². The predicted molar refractivity (Wildman–Crippen MR) is 133 cm³/mol. The SMILES string of the molecule is COCOc1cc(Cl)ccc1-c1ccc(O[C@H]2CC3CCCC([C@@H]2F)N3CC(=O)OC(C)(C)C)nn1. The van der Waals surface area contributed by atoms with E-state index in [1.807, 2.05) is 25.7 Å². The van der Waals surface area contributed by atoms with Crippen molar-refractivity contribution in [3.8, 4) is 22.9 Å². The van der Waals surface area contributed by atoms with E-state index in [4.69, 9.17) is 30.5 Å². The number of rotatable bonds is 8. The van der Waals surface area contributed by atoms with E-state index in [0.717, 1.165) is 12.8 Å². The van der Waals surface area contributed by atoms with Gasteiger partial charge in [-0.2, -0.15) is 0 Å².